The van der Waals surface area contributed by atoms with E-state index in [9.17, 15) is 0 Å². The Labute approximate surface area is 65.2 Å². The van der Waals surface area contributed by atoms with E-state index >= 15 is 0 Å². The standard InChI is InChI=1S/C9H8S/c1-2-3-4-6-9-7-5-8-10-9/h2-3,5,7-8H,1H3/b3-2+. The zero-order valence-electron chi connectivity index (χ0n) is 5.79. The molecule has 0 radical (unpaired) electrons. The van der Waals surface area contributed by atoms with Crippen LogP contribution in [0.5, 0.6) is 0 Å². The van der Waals surface area contributed by atoms with Crippen LogP contribution >= 0.6 is 11.3 Å². The largest absolute Gasteiger partial charge is 0.135 e. The van der Waals surface area contributed by atoms with Gasteiger partial charge in [-0.2, -0.15) is 0 Å². The molecule has 1 aromatic rings. The Kier molecular flexibility index (Phi) is 2.79. The van der Waals surface area contributed by atoms with Crippen molar-refractivity contribution in [1.29, 1.82) is 0 Å². The monoisotopic (exact) mass is 148 g/mol. The van der Waals surface area contributed by atoms with Gasteiger partial charge in [-0.05, 0) is 24.4 Å². The summed E-state index contributed by atoms with van der Waals surface area (Å²) in [5, 5.41) is 2.03. The zero-order chi connectivity index (χ0) is 7.23. The minimum absolute atomic E-state index is 1.12. The van der Waals surface area contributed by atoms with Gasteiger partial charge in [0, 0.05) is 0 Å². The fraction of sp³-hybridized carbons (Fsp3) is 0.111. The van der Waals surface area contributed by atoms with E-state index < -0.39 is 0 Å². The van der Waals surface area contributed by atoms with Crippen molar-refractivity contribution in [3.8, 4) is 11.8 Å². The first kappa shape index (κ1) is 7.11. The highest BCUT2D eigenvalue weighted by Gasteiger charge is 1.81. The first-order valence-corrected chi connectivity index (χ1v) is 3.97. The number of hydrogen-bond acceptors (Lipinski definition) is 1. The minimum Gasteiger partial charge on any atom is -0.135 e. The van der Waals surface area contributed by atoms with Gasteiger partial charge in [0.05, 0.1) is 4.88 Å². The van der Waals surface area contributed by atoms with Gasteiger partial charge in [-0.3, -0.25) is 0 Å². The van der Waals surface area contributed by atoms with Crippen LogP contribution in [-0.4, -0.2) is 0 Å². The molecule has 1 rings (SSSR count). The lowest BCUT2D eigenvalue weighted by molar-refractivity contribution is 1.76. The predicted molar refractivity (Wildman–Crippen MR) is 46.0 cm³/mol. The van der Waals surface area contributed by atoms with E-state index in [1.165, 1.54) is 0 Å². The molecule has 1 heteroatoms. The van der Waals surface area contributed by atoms with Gasteiger partial charge in [0.25, 0.3) is 0 Å². The summed E-state index contributed by atoms with van der Waals surface area (Å²) >= 11 is 1.67. The molecule has 0 bridgehead atoms. The minimum atomic E-state index is 1.12. The number of rotatable bonds is 0. The maximum Gasteiger partial charge on any atom is 0.0771 e. The van der Waals surface area contributed by atoms with E-state index in [0.717, 1.165) is 4.88 Å². The molecule has 10 heavy (non-hydrogen) atoms. The number of allylic oxidation sites excluding steroid dienone is 2. The summed E-state index contributed by atoms with van der Waals surface area (Å²) in [4.78, 5) is 1.12. The molecule has 0 aliphatic carbocycles. The Bertz CT molecular complexity index is 257. The average Bonchev–Trinajstić information content (AvgIpc) is 2.41. The molecule has 0 spiro atoms. The van der Waals surface area contributed by atoms with Crippen LogP contribution in [0.3, 0.4) is 0 Å². The van der Waals surface area contributed by atoms with Crippen molar-refractivity contribution in [3.05, 3.63) is 34.5 Å². The van der Waals surface area contributed by atoms with Crippen LogP contribution in [0.1, 0.15) is 11.8 Å². The Morgan fingerprint density at radius 3 is 3.10 bits per heavy atom. The van der Waals surface area contributed by atoms with Crippen LogP contribution in [-0.2, 0) is 0 Å². The molecule has 50 valence electrons. The van der Waals surface area contributed by atoms with Gasteiger partial charge in [-0.15, -0.1) is 11.3 Å². The summed E-state index contributed by atoms with van der Waals surface area (Å²) in [5.41, 5.74) is 0. The third-order valence-electron chi connectivity index (χ3n) is 0.967. The van der Waals surface area contributed by atoms with E-state index in [-0.39, 0.29) is 0 Å². The second kappa shape index (κ2) is 3.92. The Balaban J connectivity index is 2.66. The summed E-state index contributed by atoms with van der Waals surface area (Å²) < 4.78 is 0. The van der Waals surface area contributed by atoms with Crippen LogP contribution in [0.15, 0.2) is 29.7 Å². The lowest BCUT2D eigenvalue weighted by Gasteiger charge is -1.71. The second-order valence-electron chi connectivity index (χ2n) is 1.75. The van der Waals surface area contributed by atoms with Gasteiger partial charge in [-0.1, -0.05) is 24.0 Å². The lowest BCUT2D eigenvalue weighted by Crippen LogP contribution is -1.56. The van der Waals surface area contributed by atoms with Gasteiger partial charge in [0.2, 0.25) is 0 Å². The van der Waals surface area contributed by atoms with Crippen molar-refractivity contribution < 1.29 is 0 Å². The maximum atomic E-state index is 3.01. The quantitative estimate of drug-likeness (QED) is 0.496. The third-order valence-corrected chi connectivity index (χ3v) is 1.75. The highest BCUT2D eigenvalue weighted by atomic mass is 32.1. The molecule has 0 fully saturated rings. The smallest absolute Gasteiger partial charge is 0.0771 e. The Morgan fingerprint density at radius 1 is 1.60 bits per heavy atom. The predicted octanol–water partition coefficient (Wildman–Crippen LogP) is 2.68. The zero-order valence-corrected chi connectivity index (χ0v) is 6.61. The van der Waals surface area contributed by atoms with Crippen LogP contribution in [0.4, 0.5) is 0 Å². The topological polar surface area (TPSA) is 0 Å². The van der Waals surface area contributed by atoms with Gasteiger partial charge in [0.15, 0.2) is 0 Å². The lowest BCUT2D eigenvalue weighted by atomic mass is 10.4. The number of hydrogen-bond donors (Lipinski definition) is 0. The molecule has 1 aromatic heterocycles. The van der Waals surface area contributed by atoms with Crippen LogP contribution in [0.2, 0.25) is 0 Å². The van der Waals surface area contributed by atoms with Gasteiger partial charge in [0.1, 0.15) is 0 Å². The molecular formula is C9H8S. The van der Waals surface area contributed by atoms with Gasteiger partial charge >= 0.3 is 0 Å². The molecule has 0 N–H and O–H groups in total. The highest BCUT2D eigenvalue weighted by molar-refractivity contribution is 7.10. The van der Waals surface area contributed by atoms with Crippen molar-refractivity contribution >= 4 is 11.3 Å². The summed E-state index contributed by atoms with van der Waals surface area (Å²) in [6, 6.07) is 4.02. The van der Waals surface area contributed by atoms with E-state index in [1.54, 1.807) is 11.3 Å². The van der Waals surface area contributed by atoms with Crippen LogP contribution in [0, 0.1) is 11.8 Å². The molecule has 0 saturated carbocycles. The van der Waals surface area contributed by atoms with Gasteiger partial charge in [-0.25, -0.2) is 0 Å². The van der Waals surface area contributed by atoms with Crippen molar-refractivity contribution in [2.24, 2.45) is 0 Å². The summed E-state index contributed by atoms with van der Waals surface area (Å²) in [6.07, 6.45) is 3.78. The SMILES string of the molecule is C/C=C/C#Cc1cccs1. The molecule has 0 atom stereocenters. The van der Waals surface area contributed by atoms with Crippen molar-refractivity contribution in [3.63, 3.8) is 0 Å². The normalized spacial score (nSPS) is 9.30. The fourth-order valence-corrected chi connectivity index (χ4v) is 1.12. The molecule has 1 heterocycles. The summed E-state index contributed by atoms with van der Waals surface area (Å²) in [7, 11) is 0. The van der Waals surface area contributed by atoms with E-state index in [1.807, 2.05) is 36.6 Å². The first-order chi connectivity index (χ1) is 4.93. The molecule has 0 aliphatic heterocycles. The van der Waals surface area contributed by atoms with Crippen molar-refractivity contribution in [2.75, 3.05) is 0 Å². The van der Waals surface area contributed by atoms with E-state index in [4.69, 9.17) is 0 Å². The fourth-order valence-electron chi connectivity index (χ4n) is 0.546. The molecule has 0 nitrogen and oxygen atoms in total. The maximum absolute atomic E-state index is 3.01. The van der Waals surface area contributed by atoms with E-state index in [0.29, 0.717) is 0 Å². The average molecular weight is 148 g/mol. The molecule has 0 aliphatic rings. The van der Waals surface area contributed by atoms with Crippen LogP contribution < -0.4 is 0 Å². The molecular weight excluding hydrogens is 140 g/mol. The number of thiophene rings is 1. The molecule has 0 unspecified atom stereocenters. The highest BCUT2D eigenvalue weighted by Crippen LogP contribution is 2.05. The summed E-state index contributed by atoms with van der Waals surface area (Å²) in [6.45, 7) is 1.96. The van der Waals surface area contributed by atoms with E-state index in [2.05, 4.69) is 11.8 Å². The first-order valence-electron chi connectivity index (χ1n) is 3.09. The van der Waals surface area contributed by atoms with Crippen molar-refractivity contribution in [1.82, 2.24) is 0 Å². The Morgan fingerprint density at radius 2 is 2.50 bits per heavy atom. The van der Waals surface area contributed by atoms with Crippen molar-refractivity contribution in [2.45, 2.75) is 6.92 Å². The molecule has 0 saturated heterocycles. The van der Waals surface area contributed by atoms with Gasteiger partial charge < -0.3 is 0 Å². The third kappa shape index (κ3) is 2.08. The van der Waals surface area contributed by atoms with Crippen LogP contribution in [0.25, 0.3) is 0 Å². The summed E-state index contributed by atoms with van der Waals surface area (Å²) in [5.74, 6) is 5.92. The molecule has 0 aromatic carbocycles. The Hall–Kier alpha value is -1.000. The molecule has 0 amide bonds. The second-order valence-corrected chi connectivity index (χ2v) is 2.69.